The molecule has 0 saturated heterocycles. The van der Waals surface area contributed by atoms with Crippen molar-refractivity contribution in [1.82, 2.24) is 0 Å². The summed E-state index contributed by atoms with van der Waals surface area (Å²) in [5.74, 6) is 5.43. The van der Waals surface area contributed by atoms with Crippen molar-refractivity contribution >= 4 is 11.5 Å². The highest BCUT2D eigenvalue weighted by Crippen LogP contribution is 2.52. The molecule has 2 aromatic carbocycles. The van der Waals surface area contributed by atoms with Crippen LogP contribution in [0.15, 0.2) is 47.9 Å². The lowest BCUT2D eigenvalue weighted by atomic mass is 9.89. The highest BCUT2D eigenvalue weighted by atomic mass is 16.5. The Morgan fingerprint density at radius 2 is 0.872 bits per heavy atom. The van der Waals surface area contributed by atoms with Gasteiger partial charge in [0.25, 0.3) is 0 Å². The molecular weight excluding hydrogens is 492 g/mol. The molecule has 0 saturated carbocycles. The first-order valence-corrected chi connectivity index (χ1v) is 14.7. The lowest BCUT2D eigenvalue weighted by Crippen LogP contribution is -2.07. The van der Waals surface area contributed by atoms with Crippen LogP contribution in [0.4, 0.5) is 0 Å². The van der Waals surface area contributed by atoms with Crippen molar-refractivity contribution in [3.05, 3.63) is 70.2 Å². The molecule has 2 unspecified atom stereocenters. The van der Waals surface area contributed by atoms with Crippen molar-refractivity contribution < 1.29 is 28.4 Å². The van der Waals surface area contributed by atoms with Crippen LogP contribution in [-0.2, 0) is 18.9 Å². The molecule has 0 aromatic heterocycles. The van der Waals surface area contributed by atoms with Gasteiger partial charge in [-0.3, -0.25) is 0 Å². The van der Waals surface area contributed by atoms with Crippen LogP contribution in [0, 0.1) is 0 Å². The predicted octanol–water partition coefficient (Wildman–Crippen LogP) is 8.03. The Morgan fingerprint density at radius 1 is 0.487 bits per heavy atom. The Balaban J connectivity index is 1.65. The first-order chi connectivity index (χ1) is 19.1. The molecule has 0 amide bonds. The van der Waals surface area contributed by atoms with Gasteiger partial charge in [0.2, 0.25) is 0 Å². The van der Waals surface area contributed by atoms with E-state index in [1.807, 2.05) is 53.7 Å². The molecule has 0 spiro atoms. The summed E-state index contributed by atoms with van der Waals surface area (Å²) in [4.78, 5) is 0. The monoisotopic (exact) mass is 536 g/mol. The molecule has 2 aromatic rings. The molecule has 6 heteroatoms. The van der Waals surface area contributed by atoms with E-state index in [-0.39, 0.29) is 11.8 Å². The molecule has 212 valence electrons. The second kappa shape index (κ2) is 13.7. The van der Waals surface area contributed by atoms with Gasteiger partial charge in [-0.25, -0.2) is 0 Å². The summed E-state index contributed by atoms with van der Waals surface area (Å²) in [6.07, 6.45) is 2.82. The van der Waals surface area contributed by atoms with Gasteiger partial charge in [0.15, 0.2) is 11.5 Å². The summed E-state index contributed by atoms with van der Waals surface area (Å²) >= 11 is 0. The molecule has 4 rings (SSSR count). The van der Waals surface area contributed by atoms with Gasteiger partial charge in [0.05, 0.1) is 50.8 Å². The van der Waals surface area contributed by atoms with Gasteiger partial charge in [0, 0.05) is 11.8 Å². The van der Waals surface area contributed by atoms with E-state index in [9.17, 15) is 0 Å². The zero-order valence-electron chi connectivity index (χ0n) is 24.4. The summed E-state index contributed by atoms with van der Waals surface area (Å²) in [6, 6.07) is 12.6. The lowest BCUT2D eigenvalue weighted by Gasteiger charge is -2.20. The molecule has 2 aliphatic rings. The minimum absolute atomic E-state index is 0.114. The summed E-state index contributed by atoms with van der Waals surface area (Å²) in [7, 11) is 0. The van der Waals surface area contributed by atoms with E-state index >= 15 is 0 Å². The molecule has 0 radical (unpaired) electrons. The number of allylic oxidation sites excluding steroid dienone is 2. The van der Waals surface area contributed by atoms with Gasteiger partial charge in [-0.2, -0.15) is 0 Å². The van der Waals surface area contributed by atoms with Crippen LogP contribution in [0.25, 0.3) is 11.5 Å². The van der Waals surface area contributed by atoms with Crippen molar-refractivity contribution in [2.75, 3.05) is 39.6 Å². The summed E-state index contributed by atoms with van der Waals surface area (Å²) in [6.45, 7) is 15.6. The van der Waals surface area contributed by atoms with Gasteiger partial charge >= 0.3 is 0 Å². The minimum atomic E-state index is 0.114. The fraction of sp³-hybridized carbons (Fsp3) is 0.515. The van der Waals surface area contributed by atoms with Gasteiger partial charge < -0.3 is 28.4 Å². The number of benzene rings is 2. The molecule has 2 aliphatic carbocycles. The van der Waals surface area contributed by atoms with Gasteiger partial charge in [-0.15, -0.1) is 0 Å². The van der Waals surface area contributed by atoms with Crippen molar-refractivity contribution in [1.29, 1.82) is 0 Å². The van der Waals surface area contributed by atoms with E-state index < -0.39 is 0 Å². The maximum atomic E-state index is 6.25. The molecule has 6 nitrogen and oxygen atoms in total. The van der Waals surface area contributed by atoms with Crippen molar-refractivity contribution in [2.24, 2.45) is 0 Å². The number of fused-ring (bicyclic) bond motifs is 2. The zero-order chi connectivity index (χ0) is 27.8. The predicted molar refractivity (Wildman–Crippen MR) is 155 cm³/mol. The van der Waals surface area contributed by atoms with Crippen molar-refractivity contribution in [3.8, 4) is 11.5 Å². The largest absolute Gasteiger partial charge is 0.494 e. The average molecular weight is 537 g/mol. The highest BCUT2D eigenvalue weighted by Gasteiger charge is 2.39. The molecular formula is C33H44O6. The Kier molecular flexibility index (Phi) is 10.1. The van der Waals surface area contributed by atoms with Crippen molar-refractivity contribution in [2.45, 2.75) is 72.6 Å². The first-order valence-electron chi connectivity index (χ1n) is 14.7. The van der Waals surface area contributed by atoms with Crippen LogP contribution >= 0.6 is 0 Å². The molecule has 0 aliphatic heterocycles. The standard InChI is InChI=1S/C33H44O6/c1-7-34-26-20-14-16-22-24(30(36-9-3)32(28(22)26)38-11-5)18-13-19-25-23-17-15-21-27(35-8-2)29(23)33(39-12-6)31(25)37-10-4/h14-17,20-21,24-25H,7-13,18-19H2,1-6H3. The van der Waals surface area contributed by atoms with Crippen molar-refractivity contribution in [3.63, 3.8) is 0 Å². The average Bonchev–Trinajstić information content (AvgIpc) is 3.39. The Labute approximate surface area is 233 Å². The van der Waals surface area contributed by atoms with Gasteiger partial charge in [-0.1, -0.05) is 30.7 Å². The molecule has 2 atom stereocenters. The Bertz CT molecular complexity index is 1090. The van der Waals surface area contributed by atoms with Crippen LogP contribution in [0.2, 0.25) is 0 Å². The quantitative estimate of drug-likeness (QED) is 0.216. The van der Waals surface area contributed by atoms with E-state index in [1.54, 1.807) is 0 Å². The zero-order valence-corrected chi connectivity index (χ0v) is 24.4. The van der Waals surface area contributed by atoms with E-state index in [0.717, 1.165) is 64.9 Å². The van der Waals surface area contributed by atoms with Crippen LogP contribution in [0.3, 0.4) is 0 Å². The second-order valence-electron chi connectivity index (χ2n) is 9.46. The Morgan fingerprint density at radius 3 is 1.23 bits per heavy atom. The van der Waals surface area contributed by atoms with E-state index in [1.165, 1.54) is 11.1 Å². The maximum Gasteiger partial charge on any atom is 0.168 e. The molecule has 0 bridgehead atoms. The Hall–Kier alpha value is -3.28. The van der Waals surface area contributed by atoms with Gasteiger partial charge in [0.1, 0.15) is 23.0 Å². The lowest BCUT2D eigenvalue weighted by molar-refractivity contribution is 0.185. The third-order valence-electron chi connectivity index (χ3n) is 7.16. The van der Waals surface area contributed by atoms with E-state index in [0.29, 0.717) is 39.6 Å². The second-order valence-corrected chi connectivity index (χ2v) is 9.46. The fourth-order valence-electron chi connectivity index (χ4n) is 5.88. The van der Waals surface area contributed by atoms with Crippen LogP contribution in [0.1, 0.15) is 94.9 Å². The third-order valence-corrected chi connectivity index (χ3v) is 7.16. The highest BCUT2D eigenvalue weighted by molar-refractivity contribution is 5.78. The number of hydrogen-bond acceptors (Lipinski definition) is 6. The first kappa shape index (κ1) is 28.7. The topological polar surface area (TPSA) is 55.4 Å². The summed E-state index contributed by atoms with van der Waals surface area (Å²) in [5, 5.41) is 0. The van der Waals surface area contributed by atoms with Crippen LogP contribution < -0.4 is 9.47 Å². The van der Waals surface area contributed by atoms with Crippen LogP contribution in [0.5, 0.6) is 11.5 Å². The SMILES string of the molecule is CCOC1=C(OCC)C(CCCC2C(OCC)=C(OCC)c3c(OCC)cccc32)c2cccc(OCC)c21. The van der Waals surface area contributed by atoms with E-state index in [4.69, 9.17) is 28.4 Å². The number of rotatable bonds is 16. The molecule has 0 fully saturated rings. The summed E-state index contributed by atoms with van der Waals surface area (Å²) < 4.78 is 36.9. The minimum Gasteiger partial charge on any atom is -0.494 e. The van der Waals surface area contributed by atoms with Gasteiger partial charge in [-0.05, 0) is 77.6 Å². The smallest absolute Gasteiger partial charge is 0.168 e. The molecule has 0 heterocycles. The number of hydrogen-bond donors (Lipinski definition) is 0. The fourth-order valence-corrected chi connectivity index (χ4v) is 5.88. The molecule has 0 N–H and O–H groups in total. The molecule has 39 heavy (non-hydrogen) atoms. The summed E-state index contributed by atoms with van der Waals surface area (Å²) in [5.41, 5.74) is 4.51. The maximum absolute atomic E-state index is 6.25. The number of ether oxygens (including phenoxy) is 6. The third kappa shape index (κ3) is 5.70. The van der Waals surface area contributed by atoms with E-state index in [2.05, 4.69) is 24.3 Å². The van der Waals surface area contributed by atoms with Crippen LogP contribution in [-0.4, -0.2) is 39.6 Å². The normalized spacial score (nSPS) is 17.7.